The summed E-state index contributed by atoms with van der Waals surface area (Å²) >= 11 is 0. The lowest BCUT2D eigenvalue weighted by Crippen LogP contribution is -2.48. The Labute approximate surface area is 179 Å². The molecule has 3 N–H and O–H groups in total. The highest BCUT2D eigenvalue weighted by molar-refractivity contribution is 14.0. The zero-order valence-corrected chi connectivity index (χ0v) is 19.2. The van der Waals surface area contributed by atoms with Crippen LogP contribution in [0.15, 0.2) is 23.3 Å². The molecule has 1 fully saturated rings. The van der Waals surface area contributed by atoms with Crippen LogP contribution in [0.4, 0.5) is 5.82 Å². The molecule has 0 unspecified atom stereocenters. The minimum absolute atomic E-state index is 0. The quantitative estimate of drug-likeness (QED) is 0.337. The van der Waals surface area contributed by atoms with E-state index in [0.717, 1.165) is 24.5 Å². The van der Waals surface area contributed by atoms with Crippen LogP contribution in [0, 0.1) is 0 Å². The standard InChI is InChI=1S/C19H32N6O.HI/c1-19(2,3)24-17(26)14-23-18(20-4)22-13-15-8-9-21-16(12-15)25-10-6-5-7-11-25;/h8-9,12H,5-7,10-11,13-14H2,1-4H3,(H,24,26)(H2,20,22,23);1H. The number of piperidine rings is 1. The number of pyridine rings is 1. The molecule has 1 amide bonds. The van der Waals surface area contributed by atoms with Crippen molar-refractivity contribution in [3.63, 3.8) is 0 Å². The predicted octanol–water partition coefficient (Wildman–Crippen LogP) is 2.27. The summed E-state index contributed by atoms with van der Waals surface area (Å²) in [5, 5.41) is 9.21. The van der Waals surface area contributed by atoms with Gasteiger partial charge < -0.3 is 20.9 Å². The van der Waals surface area contributed by atoms with Gasteiger partial charge >= 0.3 is 0 Å². The minimum Gasteiger partial charge on any atom is -0.357 e. The molecule has 0 aliphatic carbocycles. The third-order valence-corrected chi connectivity index (χ3v) is 4.10. The van der Waals surface area contributed by atoms with Crippen molar-refractivity contribution in [2.24, 2.45) is 4.99 Å². The lowest BCUT2D eigenvalue weighted by atomic mass is 10.1. The molecule has 8 heteroatoms. The van der Waals surface area contributed by atoms with Gasteiger partial charge in [0, 0.05) is 38.4 Å². The SMILES string of the molecule is CN=C(NCC(=O)NC(C)(C)C)NCc1ccnc(N2CCCCC2)c1.I. The lowest BCUT2D eigenvalue weighted by Gasteiger charge is -2.28. The normalized spacial score (nSPS) is 15.0. The molecular weight excluding hydrogens is 455 g/mol. The molecule has 2 rings (SSSR count). The fourth-order valence-electron chi connectivity index (χ4n) is 2.90. The molecule has 152 valence electrons. The number of aliphatic imine (C=N–C) groups is 1. The predicted molar refractivity (Wildman–Crippen MR) is 122 cm³/mol. The molecule has 0 spiro atoms. The smallest absolute Gasteiger partial charge is 0.239 e. The number of carbonyl (C=O) groups excluding carboxylic acids is 1. The number of carbonyl (C=O) groups is 1. The largest absolute Gasteiger partial charge is 0.357 e. The number of nitrogens with zero attached hydrogens (tertiary/aromatic N) is 3. The van der Waals surface area contributed by atoms with E-state index >= 15 is 0 Å². The summed E-state index contributed by atoms with van der Waals surface area (Å²) < 4.78 is 0. The number of nitrogens with one attached hydrogen (secondary N) is 3. The van der Waals surface area contributed by atoms with Crippen LogP contribution in [-0.2, 0) is 11.3 Å². The first-order valence-electron chi connectivity index (χ1n) is 9.33. The molecule has 7 nitrogen and oxygen atoms in total. The van der Waals surface area contributed by atoms with Gasteiger partial charge in [-0.2, -0.15) is 0 Å². The lowest BCUT2D eigenvalue weighted by molar-refractivity contribution is -0.121. The van der Waals surface area contributed by atoms with E-state index in [4.69, 9.17) is 0 Å². The Bertz CT molecular complexity index is 623. The summed E-state index contributed by atoms with van der Waals surface area (Å²) in [5.74, 6) is 1.58. The Morgan fingerprint density at radius 1 is 1.22 bits per heavy atom. The van der Waals surface area contributed by atoms with Gasteiger partial charge in [0.1, 0.15) is 5.82 Å². The van der Waals surface area contributed by atoms with Crippen molar-refractivity contribution in [3.05, 3.63) is 23.9 Å². The van der Waals surface area contributed by atoms with E-state index in [1.165, 1.54) is 19.3 Å². The van der Waals surface area contributed by atoms with Crippen LogP contribution in [0.1, 0.15) is 45.6 Å². The van der Waals surface area contributed by atoms with Gasteiger partial charge in [0.05, 0.1) is 6.54 Å². The first-order chi connectivity index (χ1) is 12.4. The molecule has 27 heavy (non-hydrogen) atoms. The van der Waals surface area contributed by atoms with Crippen molar-refractivity contribution in [2.45, 2.75) is 52.1 Å². The zero-order valence-electron chi connectivity index (χ0n) is 16.8. The molecule has 1 aliphatic heterocycles. The van der Waals surface area contributed by atoms with E-state index in [0.29, 0.717) is 12.5 Å². The average Bonchev–Trinajstić information content (AvgIpc) is 2.61. The van der Waals surface area contributed by atoms with Crippen LogP contribution < -0.4 is 20.9 Å². The van der Waals surface area contributed by atoms with Gasteiger partial charge in [-0.25, -0.2) is 4.98 Å². The third-order valence-electron chi connectivity index (χ3n) is 4.10. The average molecular weight is 488 g/mol. The fourth-order valence-corrected chi connectivity index (χ4v) is 2.90. The van der Waals surface area contributed by atoms with Crippen molar-refractivity contribution in [1.82, 2.24) is 20.9 Å². The van der Waals surface area contributed by atoms with Crippen molar-refractivity contribution >= 4 is 41.7 Å². The first-order valence-corrected chi connectivity index (χ1v) is 9.33. The highest BCUT2D eigenvalue weighted by atomic mass is 127. The number of halogens is 1. The maximum atomic E-state index is 11.9. The molecule has 1 aromatic heterocycles. The van der Waals surface area contributed by atoms with Gasteiger partial charge in [-0.3, -0.25) is 9.79 Å². The van der Waals surface area contributed by atoms with Crippen LogP contribution in [0.2, 0.25) is 0 Å². The Kier molecular flexibility index (Phi) is 9.82. The van der Waals surface area contributed by atoms with Gasteiger partial charge in [0.2, 0.25) is 5.91 Å². The zero-order chi connectivity index (χ0) is 19.0. The van der Waals surface area contributed by atoms with Crippen LogP contribution >= 0.6 is 24.0 Å². The number of anilines is 1. The minimum atomic E-state index is -0.238. The molecule has 0 aromatic carbocycles. The van der Waals surface area contributed by atoms with Gasteiger partial charge in [-0.1, -0.05) is 0 Å². The number of amides is 1. The van der Waals surface area contributed by atoms with Crippen LogP contribution in [-0.4, -0.2) is 49.1 Å². The van der Waals surface area contributed by atoms with Crippen LogP contribution in [0.25, 0.3) is 0 Å². The van der Waals surface area contributed by atoms with E-state index < -0.39 is 0 Å². The molecular formula is C19H33IN6O. The Balaban J connectivity index is 0.00000364. The molecule has 0 atom stereocenters. The van der Waals surface area contributed by atoms with E-state index in [9.17, 15) is 4.79 Å². The van der Waals surface area contributed by atoms with Crippen LogP contribution in [0.3, 0.4) is 0 Å². The fraction of sp³-hybridized carbons (Fsp3) is 0.632. The van der Waals surface area contributed by atoms with Gasteiger partial charge in [0.15, 0.2) is 5.96 Å². The number of aromatic nitrogens is 1. The summed E-state index contributed by atoms with van der Waals surface area (Å²) in [5.41, 5.74) is 0.903. The van der Waals surface area contributed by atoms with E-state index in [1.54, 1.807) is 7.05 Å². The Morgan fingerprint density at radius 3 is 2.56 bits per heavy atom. The maximum absolute atomic E-state index is 11.9. The second-order valence-electron chi connectivity index (χ2n) is 7.65. The van der Waals surface area contributed by atoms with Gasteiger partial charge in [-0.15, -0.1) is 24.0 Å². The van der Waals surface area contributed by atoms with Crippen molar-refractivity contribution < 1.29 is 4.79 Å². The maximum Gasteiger partial charge on any atom is 0.239 e. The molecule has 0 radical (unpaired) electrons. The summed E-state index contributed by atoms with van der Waals surface area (Å²) in [6.45, 7) is 8.85. The topological polar surface area (TPSA) is 81.6 Å². The number of hydrogen-bond donors (Lipinski definition) is 3. The van der Waals surface area contributed by atoms with Crippen LogP contribution in [0.5, 0.6) is 0 Å². The Morgan fingerprint density at radius 2 is 1.93 bits per heavy atom. The monoisotopic (exact) mass is 488 g/mol. The molecule has 1 saturated heterocycles. The second-order valence-corrected chi connectivity index (χ2v) is 7.65. The van der Waals surface area contributed by atoms with Gasteiger partial charge in [0.25, 0.3) is 0 Å². The molecule has 2 heterocycles. The van der Waals surface area contributed by atoms with E-state index in [1.807, 2.05) is 33.0 Å². The summed E-state index contributed by atoms with van der Waals surface area (Å²) in [7, 11) is 1.70. The molecule has 0 saturated carbocycles. The number of guanidine groups is 1. The van der Waals surface area contributed by atoms with Gasteiger partial charge in [-0.05, 0) is 57.7 Å². The first kappa shape index (κ1) is 23.5. The van der Waals surface area contributed by atoms with Crippen molar-refractivity contribution in [1.29, 1.82) is 0 Å². The molecule has 1 aliphatic rings. The molecule has 1 aromatic rings. The highest BCUT2D eigenvalue weighted by Gasteiger charge is 2.14. The summed E-state index contributed by atoms with van der Waals surface area (Å²) in [4.78, 5) is 22.9. The van der Waals surface area contributed by atoms with Crippen molar-refractivity contribution in [2.75, 3.05) is 31.6 Å². The van der Waals surface area contributed by atoms with Crippen molar-refractivity contribution in [3.8, 4) is 0 Å². The Hall–Kier alpha value is -1.58. The van der Waals surface area contributed by atoms with E-state index in [2.05, 4.69) is 36.9 Å². The highest BCUT2D eigenvalue weighted by Crippen LogP contribution is 2.18. The number of hydrogen-bond acceptors (Lipinski definition) is 4. The van der Waals surface area contributed by atoms with E-state index in [-0.39, 0.29) is 42.0 Å². The second kappa shape index (κ2) is 11.3. The summed E-state index contributed by atoms with van der Waals surface area (Å²) in [6, 6.07) is 4.12. The number of rotatable bonds is 5. The summed E-state index contributed by atoms with van der Waals surface area (Å²) in [6.07, 6.45) is 5.63. The molecule has 0 bridgehead atoms. The third kappa shape index (κ3) is 8.77.